The molecule has 0 bridgehead atoms. The summed E-state index contributed by atoms with van der Waals surface area (Å²) in [5, 5.41) is 22.3. The highest BCUT2D eigenvalue weighted by Crippen LogP contribution is 2.23. The summed E-state index contributed by atoms with van der Waals surface area (Å²) < 4.78 is 11.9. The van der Waals surface area contributed by atoms with Crippen molar-refractivity contribution in [2.75, 3.05) is 6.61 Å². The van der Waals surface area contributed by atoms with E-state index in [0.29, 0.717) is 19.7 Å². The summed E-state index contributed by atoms with van der Waals surface area (Å²) in [6.45, 7) is 7.92. The molecule has 0 amide bonds. The lowest BCUT2D eigenvalue weighted by Crippen LogP contribution is -2.38. The molecule has 2 heterocycles. The molecule has 0 aliphatic rings. The van der Waals surface area contributed by atoms with Crippen LogP contribution in [0, 0.1) is 0 Å². The molecule has 0 saturated carbocycles. The van der Waals surface area contributed by atoms with Crippen LogP contribution in [0.3, 0.4) is 0 Å². The summed E-state index contributed by atoms with van der Waals surface area (Å²) in [7, 11) is 0. The molecule has 158 valence electrons. The van der Waals surface area contributed by atoms with E-state index in [1.807, 2.05) is 38.1 Å². The zero-order chi connectivity index (χ0) is 20.9. The smallest absolute Gasteiger partial charge is 0.156 e. The van der Waals surface area contributed by atoms with Crippen LogP contribution >= 0.6 is 0 Å². The fourth-order valence-electron chi connectivity index (χ4n) is 3.75. The number of benzene rings is 2. The molecule has 9 heteroatoms. The standard InChI is InChI=1S/C21H27N7O2/c1-4-19(30-14(3)29-5-2)28(12-15-8-6-10-17-20(15)24-26-22-17)13-16-9-7-11-18-21(16)25-27-23-18/h6-11,14,19H,4-5,12-13H2,1-3H3,(H,22,24,26)(H,23,25,27). The van der Waals surface area contributed by atoms with E-state index >= 15 is 0 Å². The van der Waals surface area contributed by atoms with E-state index in [4.69, 9.17) is 9.47 Å². The summed E-state index contributed by atoms with van der Waals surface area (Å²) >= 11 is 0. The quantitative estimate of drug-likeness (QED) is 0.387. The third kappa shape index (κ3) is 4.33. The van der Waals surface area contributed by atoms with Crippen molar-refractivity contribution in [3.8, 4) is 0 Å². The lowest BCUT2D eigenvalue weighted by Gasteiger charge is -2.33. The maximum absolute atomic E-state index is 6.25. The van der Waals surface area contributed by atoms with E-state index in [2.05, 4.69) is 54.8 Å². The van der Waals surface area contributed by atoms with Crippen molar-refractivity contribution < 1.29 is 9.47 Å². The van der Waals surface area contributed by atoms with Crippen LogP contribution < -0.4 is 0 Å². The first kappa shape index (κ1) is 20.4. The van der Waals surface area contributed by atoms with Gasteiger partial charge in [-0.1, -0.05) is 41.6 Å². The number of nitrogens with one attached hydrogen (secondary N) is 2. The van der Waals surface area contributed by atoms with Gasteiger partial charge in [-0.05, 0) is 43.5 Å². The maximum atomic E-state index is 6.25. The minimum absolute atomic E-state index is 0.143. The van der Waals surface area contributed by atoms with Crippen LogP contribution in [0.1, 0.15) is 38.3 Å². The molecule has 2 N–H and O–H groups in total. The summed E-state index contributed by atoms with van der Waals surface area (Å²) in [6, 6.07) is 12.1. The Labute approximate surface area is 174 Å². The first-order valence-corrected chi connectivity index (χ1v) is 10.3. The van der Waals surface area contributed by atoms with Gasteiger partial charge < -0.3 is 9.47 Å². The van der Waals surface area contributed by atoms with E-state index in [0.717, 1.165) is 39.6 Å². The van der Waals surface area contributed by atoms with Crippen LogP contribution in [-0.4, -0.2) is 54.8 Å². The van der Waals surface area contributed by atoms with Crippen molar-refractivity contribution in [3.05, 3.63) is 47.5 Å². The molecule has 0 aliphatic heterocycles. The molecule has 2 unspecified atom stereocenters. The summed E-state index contributed by atoms with van der Waals surface area (Å²) in [6.07, 6.45) is 0.366. The monoisotopic (exact) mass is 409 g/mol. The number of hydrogen-bond acceptors (Lipinski definition) is 7. The van der Waals surface area contributed by atoms with Gasteiger partial charge >= 0.3 is 0 Å². The first-order valence-electron chi connectivity index (χ1n) is 10.3. The minimum Gasteiger partial charge on any atom is -0.353 e. The van der Waals surface area contributed by atoms with Gasteiger partial charge in [-0.3, -0.25) is 15.1 Å². The van der Waals surface area contributed by atoms with Crippen molar-refractivity contribution in [3.63, 3.8) is 0 Å². The maximum Gasteiger partial charge on any atom is 0.156 e. The molecule has 0 aliphatic carbocycles. The molecule has 9 nitrogen and oxygen atoms in total. The van der Waals surface area contributed by atoms with Crippen molar-refractivity contribution >= 4 is 22.1 Å². The average molecular weight is 409 g/mol. The number of nitrogens with zero attached hydrogens (tertiary/aromatic N) is 5. The number of aromatic nitrogens is 6. The number of H-pyrrole nitrogens is 2. The molecule has 4 aromatic rings. The van der Waals surface area contributed by atoms with Crippen molar-refractivity contribution in [1.82, 2.24) is 35.7 Å². The largest absolute Gasteiger partial charge is 0.353 e. The van der Waals surface area contributed by atoms with E-state index in [9.17, 15) is 0 Å². The highest BCUT2D eigenvalue weighted by molar-refractivity contribution is 5.78. The van der Waals surface area contributed by atoms with Crippen molar-refractivity contribution in [1.29, 1.82) is 0 Å². The Morgan fingerprint density at radius 1 is 0.900 bits per heavy atom. The van der Waals surface area contributed by atoms with Crippen LogP contribution in [-0.2, 0) is 22.6 Å². The Morgan fingerprint density at radius 2 is 1.47 bits per heavy atom. The van der Waals surface area contributed by atoms with Crippen molar-refractivity contribution in [2.45, 2.75) is 52.8 Å². The predicted molar refractivity (Wildman–Crippen MR) is 113 cm³/mol. The number of hydrogen-bond donors (Lipinski definition) is 2. The number of fused-ring (bicyclic) bond motifs is 2. The summed E-state index contributed by atoms with van der Waals surface area (Å²) in [5.74, 6) is 0. The number of ether oxygens (including phenoxy) is 2. The van der Waals surface area contributed by atoms with Crippen LogP contribution in [0.25, 0.3) is 22.1 Å². The van der Waals surface area contributed by atoms with Gasteiger partial charge in [0, 0.05) is 19.7 Å². The van der Waals surface area contributed by atoms with Crippen LogP contribution in [0.4, 0.5) is 0 Å². The van der Waals surface area contributed by atoms with Gasteiger partial charge in [0.25, 0.3) is 0 Å². The predicted octanol–water partition coefficient (Wildman–Crippen LogP) is 3.37. The van der Waals surface area contributed by atoms with Gasteiger partial charge in [0.05, 0.1) is 11.0 Å². The zero-order valence-corrected chi connectivity index (χ0v) is 17.5. The average Bonchev–Trinajstić information content (AvgIpc) is 3.42. The first-order chi connectivity index (χ1) is 14.7. The molecular formula is C21H27N7O2. The van der Waals surface area contributed by atoms with Gasteiger partial charge in [0.15, 0.2) is 6.29 Å². The highest BCUT2D eigenvalue weighted by atomic mass is 16.7. The third-order valence-corrected chi connectivity index (χ3v) is 5.13. The van der Waals surface area contributed by atoms with E-state index in [1.165, 1.54) is 0 Å². The molecule has 2 atom stereocenters. The second kappa shape index (κ2) is 9.29. The molecule has 0 spiro atoms. The Kier molecular flexibility index (Phi) is 6.32. The van der Waals surface area contributed by atoms with Crippen LogP contribution in [0.2, 0.25) is 0 Å². The SMILES string of the molecule is CCOC(C)OC(CC)N(Cc1cccc2[nH]nnc12)Cc1cccc2[nH]nnc12. The van der Waals surface area contributed by atoms with Gasteiger partial charge in [-0.25, -0.2) is 0 Å². The lowest BCUT2D eigenvalue weighted by atomic mass is 10.1. The van der Waals surface area contributed by atoms with Gasteiger partial charge in [0.1, 0.15) is 17.3 Å². The molecule has 0 radical (unpaired) electrons. The fourth-order valence-corrected chi connectivity index (χ4v) is 3.75. The molecule has 0 fully saturated rings. The normalized spacial score (nSPS) is 14.0. The molecular weight excluding hydrogens is 382 g/mol. The Hall–Kier alpha value is -2.88. The minimum atomic E-state index is -0.298. The zero-order valence-electron chi connectivity index (χ0n) is 17.5. The fraction of sp³-hybridized carbons (Fsp3) is 0.429. The van der Waals surface area contributed by atoms with E-state index in [1.54, 1.807) is 0 Å². The third-order valence-electron chi connectivity index (χ3n) is 5.13. The Bertz CT molecular complexity index is 1020. The van der Waals surface area contributed by atoms with Crippen LogP contribution in [0.15, 0.2) is 36.4 Å². The topological polar surface area (TPSA) is 105 Å². The second-order valence-electron chi connectivity index (χ2n) is 7.18. The molecule has 30 heavy (non-hydrogen) atoms. The number of rotatable bonds is 10. The molecule has 0 saturated heterocycles. The summed E-state index contributed by atoms with van der Waals surface area (Å²) in [5.41, 5.74) is 5.74. The van der Waals surface area contributed by atoms with Gasteiger partial charge in [-0.2, -0.15) is 0 Å². The Balaban J connectivity index is 1.66. The van der Waals surface area contributed by atoms with Gasteiger partial charge in [0.2, 0.25) is 0 Å². The van der Waals surface area contributed by atoms with Gasteiger partial charge in [-0.15, -0.1) is 10.2 Å². The van der Waals surface area contributed by atoms with Crippen molar-refractivity contribution in [2.24, 2.45) is 0 Å². The lowest BCUT2D eigenvalue weighted by molar-refractivity contribution is -0.200. The molecule has 4 rings (SSSR count). The number of aromatic amines is 2. The highest BCUT2D eigenvalue weighted by Gasteiger charge is 2.23. The van der Waals surface area contributed by atoms with E-state index in [-0.39, 0.29) is 12.5 Å². The molecule has 2 aromatic heterocycles. The summed E-state index contributed by atoms with van der Waals surface area (Å²) in [4.78, 5) is 2.28. The van der Waals surface area contributed by atoms with E-state index < -0.39 is 0 Å². The molecule has 2 aromatic carbocycles. The Morgan fingerprint density at radius 3 is 1.97 bits per heavy atom. The van der Waals surface area contributed by atoms with Crippen LogP contribution in [0.5, 0.6) is 0 Å². The second-order valence-corrected chi connectivity index (χ2v) is 7.18.